The van der Waals surface area contributed by atoms with E-state index in [9.17, 15) is 4.79 Å². The van der Waals surface area contributed by atoms with Crippen LogP contribution in [-0.2, 0) is 4.79 Å². The number of likely N-dealkylation sites (N-methyl/N-ethyl adjacent to an activating group) is 1. The Balaban J connectivity index is 2.18. The van der Waals surface area contributed by atoms with Crippen molar-refractivity contribution in [3.63, 3.8) is 0 Å². The Kier molecular flexibility index (Phi) is 2.83. The Hall–Kier alpha value is -1.55. The number of hydrogen-bond acceptors (Lipinski definition) is 3. The van der Waals surface area contributed by atoms with E-state index in [2.05, 4.69) is 17.0 Å². The van der Waals surface area contributed by atoms with Gasteiger partial charge in [-0.3, -0.25) is 4.79 Å². The molecule has 4 heteroatoms. The van der Waals surface area contributed by atoms with E-state index in [4.69, 9.17) is 10.8 Å². The van der Waals surface area contributed by atoms with E-state index in [0.29, 0.717) is 6.42 Å². The number of benzene rings is 1. The molecule has 1 aromatic rings. The van der Waals surface area contributed by atoms with Crippen molar-refractivity contribution in [3.05, 3.63) is 29.8 Å². The largest absolute Gasteiger partial charge is 0.480 e. The fourth-order valence-electron chi connectivity index (χ4n) is 2.32. The summed E-state index contributed by atoms with van der Waals surface area (Å²) in [5, 5.41) is 8.82. The van der Waals surface area contributed by atoms with Crippen LogP contribution in [0.15, 0.2) is 24.3 Å². The average molecular weight is 220 g/mol. The summed E-state index contributed by atoms with van der Waals surface area (Å²) in [6.45, 7) is 0.848. The maximum absolute atomic E-state index is 10.7. The minimum absolute atomic E-state index is 0.229. The predicted octanol–water partition coefficient (Wildman–Crippen LogP) is 1.02. The molecule has 0 saturated heterocycles. The summed E-state index contributed by atoms with van der Waals surface area (Å²) >= 11 is 0. The Morgan fingerprint density at radius 2 is 2.31 bits per heavy atom. The summed E-state index contributed by atoms with van der Waals surface area (Å²) < 4.78 is 0. The first-order valence-electron chi connectivity index (χ1n) is 5.38. The van der Waals surface area contributed by atoms with E-state index >= 15 is 0 Å². The molecule has 1 aromatic carbocycles. The van der Waals surface area contributed by atoms with E-state index in [0.717, 1.165) is 6.54 Å². The molecule has 0 fully saturated rings. The Morgan fingerprint density at radius 1 is 1.62 bits per heavy atom. The van der Waals surface area contributed by atoms with Crippen LogP contribution in [0, 0.1) is 0 Å². The van der Waals surface area contributed by atoms with Gasteiger partial charge in [0.2, 0.25) is 0 Å². The Bertz CT molecular complexity index is 406. The second kappa shape index (κ2) is 4.14. The number of para-hydroxylation sites is 1. The molecule has 2 rings (SSSR count). The lowest BCUT2D eigenvalue weighted by molar-refractivity contribution is -0.138. The molecular formula is C12H16N2O2. The SMILES string of the molecule is CN1CC(C[C@H](N)C(=O)O)c2ccccc21. The molecule has 0 amide bonds. The van der Waals surface area contributed by atoms with Gasteiger partial charge in [0.05, 0.1) is 0 Å². The standard InChI is InChI=1S/C12H16N2O2/c1-14-7-8(6-10(13)12(15)16)9-4-2-3-5-11(9)14/h2-5,8,10H,6-7,13H2,1H3,(H,15,16)/t8?,10-/m0/s1. The zero-order chi connectivity index (χ0) is 11.7. The van der Waals surface area contributed by atoms with Gasteiger partial charge in [-0.15, -0.1) is 0 Å². The topological polar surface area (TPSA) is 66.6 Å². The number of carboxylic acid groups (broad SMARTS) is 1. The average Bonchev–Trinajstić information content (AvgIpc) is 2.57. The number of rotatable bonds is 3. The van der Waals surface area contributed by atoms with Crippen LogP contribution < -0.4 is 10.6 Å². The number of anilines is 1. The number of nitrogens with two attached hydrogens (primary N) is 1. The molecule has 3 N–H and O–H groups in total. The first-order chi connectivity index (χ1) is 7.59. The molecule has 0 radical (unpaired) electrons. The lowest BCUT2D eigenvalue weighted by atomic mass is 9.94. The second-order valence-electron chi connectivity index (χ2n) is 4.32. The molecule has 0 spiro atoms. The molecular weight excluding hydrogens is 204 g/mol. The lowest BCUT2D eigenvalue weighted by Gasteiger charge is -2.14. The highest BCUT2D eigenvalue weighted by Crippen LogP contribution is 2.37. The first-order valence-corrected chi connectivity index (χ1v) is 5.38. The number of nitrogens with zero attached hydrogens (tertiary/aromatic N) is 1. The van der Waals surface area contributed by atoms with E-state index in [1.807, 2.05) is 19.2 Å². The van der Waals surface area contributed by atoms with Crippen molar-refractivity contribution in [2.24, 2.45) is 5.73 Å². The third-order valence-electron chi connectivity index (χ3n) is 3.14. The van der Waals surface area contributed by atoms with Crippen molar-refractivity contribution in [3.8, 4) is 0 Å². The summed E-state index contributed by atoms with van der Waals surface area (Å²) in [7, 11) is 2.02. The summed E-state index contributed by atoms with van der Waals surface area (Å²) in [6, 6.07) is 7.32. The van der Waals surface area contributed by atoms with Crippen LogP contribution in [0.2, 0.25) is 0 Å². The van der Waals surface area contributed by atoms with Crippen LogP contribution in [0.5, 0.6) is 0 Å². The zero-order valence-electron chi connectivity index (χ0n) is 9.26. The lowest BCUT2D eigenvalue weighted by Crippen LogP contribution is -2.32. The summed E-state index contributed by atoms with van der Waals surface area (Å²) in [6.07, 6.45) is 0.497. The number of hydrogen-bond donors (Lipinski definition) is 2. The number of carbonyl (C=O) groups is 1. The normalized spacial score (nSPS) is 20.6. The smallest absolute Gasteiger partial charge is 0.320 e. The van der Waals surface area contributed by atoms with Gasteiger partial charge < -0.3 is 15.7 Å². The van der Waals surface area contributed by atoms with Crippen molar-refractivity contribution < 1.29 is 9.90 Å². The van der Waals surface area contributed by atoms with Crippen LogP contribution in [0.3, 0.4) is 0 Å². The van der Waals surface area contributed by atoms with Gasteiger partial charge in [-0.05, 0) is 18.1 Å². The Labute approximate surface area is 94.7 Å². The van der Waals surface area contributed by atoms with Gasteiger partial charge in [-0.25, -0.2) is 0 Å². The molecule has 0 aromatic heterocycles. The predicted molar refractivity (Wildman–Crippen MR) is 62.7 cm³/mol. The molecule has 1 aliphatic rings. The summed E-state index contributed by atoms with van der Waals surface area (Å²) in [4.78, 5) is 12.9. The van der Waals surface area contributed by atoms with Gasteiger partial charge in [-0.2, -0.15) is 0 Å². The highest BCUT2D eigenvalue weighted by atomic mass is 16.4. The number of aliphatic carboxylic acids is 1. The second-order valence-corrected chi connectivity index (χ2v) is 4.32. The minimum atomic E-state index is -0.924. The molecule has 2 atom stereocenters. The molecule has 4 nitrogen and oxygen atoms in total. The van der Waals surface area contributed by atoms with Crippen molar-refractivity contribution in [2.75, 3.05) is 18.5 Å². The zero-order valence-corrected chi connectivity index (χ0v) is 9.26. The van der Waals surface area contributed by atoms with E-state index in [-0.39, 0.29) is 5.92 Å². The third kappa shape index (κ3) is 1.88. The first kappa shape index (κ1) is 11.0. The maximum atomic E-state index is 10.7. The van der Waals surface area contributed by atoms with Gasteiger partial charge >= 0.3 is 5.97 Å². The number of carboxylic acids is 1. The molecule has 1 heterocycles. The van der Waals surface area contributed by atoms with Crippen molar-refractivity contribution in [2.45, 2.75) is 18.4 Å². The Morgan fingerprint density at radius 3 is 3.00 bits per heavy atom. The maximum Gasteiger partial charge on any atom is 0.320 e. The number of fused-ring (bicyclic) bond motifs is 1. The monoisotopic (exact) mass is 220 g/mol. The summed E-state index contributed by atoms with van der Waals surface area (Å²) in [5.41, 5.74) is 7.98. The van der Waals surface area contributed by atoms with Crippen LogP contribution in [0.4, 0.5) is 5.69 Å². The molecule has 0 bridgehead atoms. The van der Waals surface area contributed by atoms with E-state index in [1.165, 1.54) is 11.3 Å². The van der Waals surface area contributed by atoms with Gasteiger partial charge in [0.25, 0.3) is 0 Å². The fourth-order valence-corrected chi connectivity index (χ4v) is 2.32. The van der Waals surface area contributed by atoms with Crippen LogP contribution in [-0.4, -0.2) is 30.7 Å². The molecule has 0 saturated carbocycles. The van der Waals surface area contributed by atoms with Crippen LogP contribution in [0.25, 0.3) is 0 Å². The van der Waals surface area contributed by atoms with Gasteiger partial charge in [0.15, 0.2) is 0 Å². The third-order valence-corrected chi connectivity index (χ3v) is 3.14. The quantitative estimate of drug-likeness (QED) is 0.798. The summed E-state index contributed by atoms with van der Waals surface area (Å²) in [5.74, 6) is -0.695. The van der Waals surface area contributed by atoms with Crippen LogP contribution in [0.1, 0.15) is 17.9 Å². The minimum Gasteiger partial charge on any atom is -0.480 e. The van der Waals surface area contributed by atoms with Crippen molar-refractivity contribution >= 4 is 11.7 Å². The molecule has 16 heavy (non-hydrogen) atoms. The van der Waals surface area contributed by atoms with Crippen LogP contribution >= 0.6 is 0 Å². The van der Waals surface area contributed by atoms with E-state index < -0.39 is 12.0 Å². The van der Waals surface area contributed by atoms with Crippen molar-refractivity contribution in [1.29, 1.82) is 0 Å². The molecule has 0 aliphatic carbocycles. The van der Waals surface area contributed by atoms with Gasteiger partial charge in [-0.1, -0.05) is 18.2 Å². The molecule has 1 unspecified atom stereocenters. The fraction of sp³-hybridized carbons (Fsp3) is 0.417. The van der Waals surface area contributed by atoms with Crippen molar-refractivity contribution in [1.82, 2.24) is 0 Å². The highest BCUT2D eigenvalue weighted by Gasteiger charge is 2.28. The van der Waals surface area contributed by atoms with E-state index in [1.54, 1.807) is 0 Å². The molecule has 86 valence electrons. The molecule has 1 aliphatic heterocycles. The van der Waals surface area contributed by atoms with Gasteiger partial charge in [0, 0.05) is 25.2 Å². The highest BCUT2D eigenvalue weighted by molar-refractivity contribution is 5.73. The van der Waals surface area contributed by atoms with Gasteiger partial charge in [0.1, 0.15) is 6.04 Å².